The average Bonchev–Trinajstić information content (AvgIpc) is 2.66. The van der Waals surface area contributed by atoms with Crippen molar-refractivity contribution in [2.24, 2.45) is 0 Å². The molecule has 1 aromatic rings. The van der Waals surface area contributed by atoms with Gasteiger partial charge in [-0.3, -0.25) is 0 Å². The Morgan fingerprint density at radius 3 is 2.77 bits per heavy atom. The van der Waals surface area contributed by atoms with Gasteiger partial charge in [-0.25, -0.2) is 0 Å². The Morgan fingerprint density at radius 1 is 1.54 bits per heavy atom. The monoisotopic (exact) mass is 174 g/mol. The summed E-state index contributed by atoms with van der Waals surface area (Å²) in [5, 5.41) is 0. The van der Waals surface area contributed by atoms with Crippen molar-refractivity contribution in [3.8, 4) is 0 Å². The molecule has 0 aliphatic carbocycles. The molecule has 0 unspecified atom stereocenters. The van der Waals surface area contributed by atoms with E-state index in [4.69, 9.17) is 4.42 Å². The van der Waals surface area contributed by atoms with Gasteiger partial charge >= 0.3 is 0 Å². The van der Waals surface area contributed by atoms with Gasteiger partial charge in [-0.1, -0.05) is 24.3 Å². The predicted octanol–water partition coefficient (Wildman–Crippen LogP) is 3.82. The van der Waals surface area contributed by atoms with Crippen LogP contribution in [0.5, 0.6) is 0 Å². The maximum Gasteiger partial charge on any atom is 0.133 e. The first kappa shape index (κ1) is 9.59. The van der Waals surface area contributed by atoms with Gasteiger partial charge in [0.25, 0.3) is 0 Å². The number of hydrogen-bond donors (Lipinski definition) is 0. The van der Waals surface area contributed by atoms with Crippen LogP contribution in [0.2, 0.25) is 0 Å². The van der Waals surface area contributed by atoms with E-state index in [2.05, 4.69) is 6.58 Å². The topological polar surface area (TPSA) is 13.1 Å². The summed E-state index contributed by atoms with van der Waals surface area (Å²) >= 11 is 0. The second-order valence-electron chi connectivity index (χ2n) is 2.81. The van der Waals surface area contributed by atoms with E-state index >= 15 is 0 Å². The van der Waals surface area contributed by atoms with Crippen LogP contribution in [-0.2, 0) is 0 Å². The van der Waals surface area contributed by atoms with E-state index in [9.17, 15) is 0 Å². The molecule has 0 aliphatic heterocycles. The quantitative estimate of drug-likeness (QED) is 0.635. The van der Waals surface area contributed by atoms with E-state index < -0.39 is 0 Å². The van der Waals surface area contributed by atoms with E-state index in [0.717, 1.165) is 11.3 Å². The lowest BCUT2D eigenvalue weighted by atomic mass is 10.1. The Kier molecular flexibility index (Phi) is 3.32. The molecule has 0 amide bonds. The fourth-order valence-electron chi connectivity index (χ4n) is 1.00. The van der Waals surface area contributed by atoms with E-state index in [1.54, 1.807) is 12.3 Å². The van der Waals surface area contributed by atoms with E-state index in [1.165, 1.54) is 5.57 Å². The molecule has 1 nitrogen and oxygen atoms in total. The standard InChI is InChI=1S/C12H14O/c1-4-10(3)9-11(5-2)12-7-6-8-13-12/h4-9H,2H2,1,3H3/b10-4-,11-9+. The molecule has 0 N–H and O–H groups in total. The van der Waals surface area contributed by atoms with Gasteiger partial charge in [-0.15, -0.1) is 0 Å². The Bertz CT molecular complexity index is 326. The molecule has 0 bridgehead atoms. The molecule has 1 rings (SSSR count). The molecule has 1 aromatic heterocycles. The summed E-state index contributed by atoms with van der Waals surface area (Å²) < 4.78 is 5.27. The second kappa shape index (κ2) is 4.51. The van der Waals surface area contributed by atoms with Crippen LogP contribution in [0.1, 0.15) is 19.6 Å². The van der Waals surface area contributed by atoms with Gasteiger partial charge in [-0.2, -0.15) is 0 Å². The predicted molar refractivity (Wildman–Crippen MR) is 56.3 cm³/mol. The molecule has 1 heteroatoms. The van der Waals surface area contributed by atoms with Crippen LogP contribution < -0.4 is 0 Å². The van der Waals surface area contributed by atoms with Crippen LogP contribution in [0.25, 0.3) is 5.57 Å². The molecule has 0 saturated carbocycles. The maximum atomic E-state index is 5.27. The van der Waals surface area contributed by atoms with Gasteiger partial charge in [0.15, 0.2) is 0 Å². The van der Waals surface area contributed by atoms with Gasteiger partial charge in [0, 0.05) is 5.57 Å². The van der Waals surface area contributed by atoms with Crippen LogP contribution >= 0.6 is 0 Å². The van der Waals surface area contributed by atoms with E-state index in [-0.39, 0.29) is 0 Å². The number of allylic oxidation sites excluding steroid dienone is 5. The van der Waals surface area contributed by atoms with Crippen molar-refractivity contribution < 1.29 is 4.42 Å². The van der Waals surface area contributed by atoms with Gasteiger partial charge in [0.1, 0.15) is 5.76 Å². The largest absolute Gasteiger partial charge is 0.464 e. The normalized spacial score (nSPS) is 13.1. The third-order valence-electron chi connectivity index (χ3n) is 1.86. The Balaban J connectivity index is 2.99. The fourth-order valence-corrected chi connectivity index (χ4v) is 1.00. The minimum absolute atomic E-state index is 0.858. The Hall–Kier alpha value is -1.50. The molecule has 0 spiro atoms. The minimum Gasteiger partial charge on any atom is -0.464 e. The molecular weight excluding hydrogens is 160 g/mol. The zero-order valence-corrected chi connectivity index (χ0v) is 8.08. The van der Waals surface area contributed by atoms with Crippen LogP contribution in [0, 0.1) is 0 Å². The van der Waals surface area contributed by atoms with Crippen LogP contribution in [0.4, 0.5) is 0 Å². The summed E-state index contributed by atoms with van der Waals surface area (Å²) in [5.74, 6) is 0.858. The van der Waals surface area contributed by atoms with E-state index in [1.807, 2.05) is 38.1 Å². The summed E-state index contributed by atoms with van der Waals surface area (Å²) in [5.41, 5.74) is 2.21. The van der Waals surface area contributed by atoms with Crippen molar-refractivity contribution in [2.45, 2.75) is 13.8 Å². The van der Waals surface area contributed by atoms with Gasteiger partial charge < -0.3 is 4.42 Å². The summed E-state index contributed by atoms with van der Waals surface area (Å²) in [6.45, 7) is 7.81. The third-order valence-corrected chi connectivity index (χ3v) is 1.86. The molecule has 0 aliphatic rings. The molecule has 0 radical (unpaired) electrons. The maximum absolute atomic E-state index is 5.27. The summed E-state index contributed by atoms with van der Waals surface area (Å²) in [4.78, 5) is 0. The van der Waals surface area contributed by atoms with Crippen molar-refractivity contribution in [1.29, 1.82) is 0 Å². The van der Waals surface area contributed by atoms with Gasteiger partial charge in [0.2, 0.25) is 0 Å². The first-order chi connectivity index (χ1) is 6.27. The highest BCUT2D eigenvalue weighted by molar-refractivity contribution is 5.72. The minimum atomic E-state index is 0.858. The SMILES string of the molecule is C=C/C(=C\C(C)=C/C)c1ccco1. The van der Waals surface area contributed by atoms with Crippen LogP contribution in [0.3, 0.4) is 0 Å². The molecule has 0 aromatic carbocycles. The van der Waals surface area contributed by atoms with Crippen molar-refractivity contribution in [1.82, 2.24) is 0 Å². The Morgan fingerprint density at radius 2 is 2.31 bits per heavy atom. The number of hydrogen-bond acceptors (Lipinski definition) is 1. The van der Waals surface area contributed by atoms with Gasteiger partial charge in [0.05, 0.1) is 6.26 Å². The number of rotatable bonds is 3. The first-order valence-corrected chi connectivity index (χ1v) is 4.29. The summed E-state index contributed by atoms with van der Waals surface area (Å²) in [6, 6.07) is 3.80. The smallest absolute Gasteiger partial charge is 0.133 e. The molecule has 0 fully saturated rings. The third kappa shape index (κ3) is 2.48. The van der Waals surface area contributed by atoms with Gasteiger partial charge in [-0.05, 0) is 32.1 Å². The second-order valence-corrected chi connectivity index (χ2v) is 2.81. The average molecular weight is 174 g/mol. The van der Waals surface area contributed by atoms with Crippen molar-refractivity contribution >= 4 is 5.57 Å². The summed E-state index contributed by atoms with van der Waals surface area (Å²) in [6.07, 6.45) is 7.56. The Labute approximate surface area is 79.1 Å². The first-order valence-electron chi connectivity index (χ1n) is 4.29. The molecular formula is C12H14O. The summed E-state index contributed by atoms with van der Waals surface area (Å²) in [7, 11) is 0. The molecule has 68 valence electrons. The molecule has 13 heavy (non-hydrogen) atoms. The highest BCUT2D eigenvalue weighted by Gasteiger charge is 1.98. The lowest BCUT2D eigenvalue weighted by Gasteiger charge is -1.97. The van der Waals surface area contributed by atoms with Crippen LogP contribution in [-0.4, -0.2) is 0 Å². The zero-order valence-electron chi connectivity index (χ0n) is 8.08. The van der Waals surface area contributed by atoms with Crippen molar-refractivity contribution in [3.05, 3.63) is 54.5 Å². The molecule has 0 atom stereocenters. The highest BCUT2D eigenvalue weighted by atomic mass is 16.3. The molecule has 1 heterocycles. The van der Waals surface area contributed by atoms with Crippen LogP contribution in [0.15, 0.2) is 53.2 Å². The fraction of sp³-hybridized carbons (Fsp3) is 0.167. The zero-order chi connectivity index (χ0) is 9.68. The van der Waals surface area contributed by atoms with Crippen molar-refractivity contribution in [3.63, 3.8) is 0 Å². The molecule has 0 saturated heterocycles. The highest BCUT2D eigenvalue weighted by Crippen LogP contribution is 2.17. The van der Waals surface area contributed by atoms with E-state index in [0.29, 0.717) is 0 Å². The number of furan rings is 1. The van der Waals surface area contributed by atoms with Crippen molar-refractivity contribution in [2.75, 3.05) is 0 Å². The lowest BCUT2D eigenvalue weighted by molar-refractivity contribution is 0.554. The lowest BCUT2D eigenvalue weighted by Crippen LogP contribution is -1.76.